The van der Waals surface area contributed by atoms with Crippen molar-refractivity contribution in [1.82, 2.24) is 9.97 Å². The molecule has 1 aliphatic rings. The number of carbonyl (C=O) groups excluding carboxylic acids is 1. The summed E-state index contributed by atoms with van der Waals surface area (Å²) in [5, 5.41) is 4.12. The Morgan fingerprint density at radius 1 is 1.27 bits per heavy atom. The minimum Gasteiger partial charge on any atom is -0.363 e. The molecule has 134 valence electrons. The largest absolute Gasteiger partial charge is 0.363 e. The minimum atomic E-state index is -0.106. The smallest absolute Gasteiger partial charge is 0.255 e. The minimum absolute atomic E-state index is 0.106. The first-order valence-corrected chi connectivity index (χ1v) is 9.09. The second-order valence-corrected chi connectivity index (χ2v) is 7.44. The number of nitrogens with zero attached hydrogens (tertiary/aromatic N) is 2. The molecule has 0 bridgehead atoms. The highest BCUT2D eigenvalue weighted by molar-refractivity contribution is 6.06. The molecule has 1 atom stereocenters. The van der Waals surface area contributed by atoms with Gasteiger partial charge in [0.05, 0.1) is 11.9 Å². The van der Waals surface area contributed by atoms with Crippen molar-refractivity contribution in [2.75, 3.05) is 24.3 Å². The zero-order valence-electron chi connectivity index (χ0n) is 15.5. The molecule has 0 unspecified atom stereocenters. The Bertz CT molecular complexity index is 956. The number of fused-ring (bicyclic) bond motifs is 3. The van der Waals surface area contributed by atoms with Crippen LogP contribution in [0.5, 0.6) is 0 Å². The number of nitrogens with one attached hydrogen (secondary N) is 2. The molecule has 5 nitrogen and oxygen atoms in total. The van der Waals surface area contributed by atoms with Gasteiger partial charge in [0.25, 0.3) is 5.91 Å². The van der Waals surface area contributed by atoms with Gasteiger partial charge in [-0.05, 0) is 61.1 Å². The van der Waals surface area contributed by atoms with Crippen molar-refractivity contribution in [3.8, 4) is 0 Å². The van der Waals surface area contributed by atoms with E-state index in [1.54, 1.807) is 6.20 Å². The van der Waals surface area contributed by atoms with Crippen molar-refractivity contribution >= 4 is 28.3 Å². The highest BCUT2D eigenvalue weighted by Gasteiger charge is 2.20. The van der Waals surface area contributed by atoms with Crippen LogP contribution >= 0.6 is 0 Å². The lowest BCUT2D eigenvalue weighted by Crippen LogP contribution is -2.14. The van der Waals surface area contributed by atoms with Crippen LogP contribution in [0.1, 0.15) is 35.0 Å². The zero-order chi connectivity index (χ0) is 18.3. The number of amides is 1. The summed E-state index contributed by atoms with van der Waals surface area (Å²) in [6.45, 7) is 2.29. The average Bonchev–Trinajstić information content (AvgIpc) is 2.99. The number of aromatic nitrogens is 2. The SMILES string of the molecule is C[C@@H]1CCc2[nH]c3ccc(C(=O)Nc4ccc(N(C)C)nc4)cc3c2C1. The third-order valence-corrected chi connectivity index (χ3v) is 5.16. The second-order valence-electron chi connectivity index (χ2n) is 7.44. The molecule has 0 saturated heterocycles. The standard InChI is InChI=1S/C21H24N4O/c1-13-4-7-18-16(10-13)17-11-14(5-8-19(17)24-18)21(26)23-15-6-9-20(22-12-15)25(2)3/h5-6,8-9,11-13,24H,4,7,10H2,1-3H3,(H,23,26)/t13-/m1/s1. The number of H-pyrrole nitrogens is 1. The molecule has 4 rings (SSSR count). The molecule has 5 heteroatoms. The van der Waals surface area contributed by atoms with Crippen molar-refractivity contribution in [2.45, 2.75) is 26.2 Å². The first-order valence-electron chi connectivity index (χ1n) is 9.09. The van der Waals surface area contributed by atoms with Crippen molar-refractivity contribution in [2.24, 2.45) is 5.92 Å². The number of pyridine rings is 1. The Balaban J connectivity index is 1.59. The Morgan fingerprint density at radius 3 is 2.85 bits per heavy atom. The molecule has 2 heterocycles. The van der Waals surface area contributed by atoms with Crippen LogP contribution in [0.15, 0.2) is 36.5 Å². The number of benzene rings is 1. The maximum Gasteiger partial charge on any atom is 0.255 e. The summed E-state index contributed by atoms with van der Waals surface area (Å²) in [5.74, 6) is 1.45. The van der Waals surface area contributed by atoms with Crippen molar-refractivity contribution in [3.63, 3.8) is 0 Å². The van der Waals surface area contributed by atoms with Gasteiger partial charge >= 0.3 is 0 Å². The van der Waals surface area contributed by atoms with E-state index in [9.17, 15) is 4.79 Å². The third kappa shape index (κ3) is 3.05. The monoisotopic (exact) mass is 348 g/mol. The molecule has 3 aromatic rings. The lowest BCUT2D eigenvalue weighted by Gasteiger charge is -2.18. The maximum absolute atomic E-state index is 12.7. The van der Waals surface area contributed by atoms with E-state index in [0.717, 1.165) is 24.2 Å². The first-order chi connectivity index (χ1) is 12.5. The highest BCUT2D eigenvalue weighted by atomic mass is 16.1. The molecular weight excluding hydrogens is 324 g/mol. The van der Waals surface area contributed by atoms with E-state index >= 15 is 0 Å². The molecule has 1 aliphatic carbocycles. The predicted molar refractivity (Wildman–Crippen MR) is 106 cm³/mol. The van der Waals surface area contributed by atoms with Gasteiger partial charge in [0.2, 0.25) is 0 Å². The van der Waals surface area contributed by atoms with Crippen molar-refractivity contribution in [1.29, 1.82) is 0 Å². The number of hydrogen-bond donors (Lipinski definition) is 2. The summed E-state index contributed by atoms with van der Waals surface area (Å²) in [6, 6.07) is 9.67. The topological polar surface area (TPSA) is 61.0 Å². The van der Waals surface area contributed by atoms with Gasteiger partial charge < -0.3 is 15.2 Å². The second kappa shape index (κ2) is 6.48. The van der Waals surface area contributed by atoms with E-state index in [4.69, 9.17) is 0 Å². The van der Waals surface area contributed by atoms with E-state index in [0.29, 0.717) is 17.2 Å². The number of aromatic amines is 1. The molecule has 0 saturated carbocycles. The van der Waals surface area contributed by atoms with E-state index in [2.05, 4.69) is 22.2 Å². The Labute approximate surface area is 153 Å². The molecule has 26 heavy (non-hydrogen) atoms. The normalized spacial score (nSPS) is 16.3. The lowest BCUT2D eigenvalue weighted by atomic mass is 9.87. The number of carbonyl (C=O) groups is 1. The molecule has 1 amide bonds. The summed E-state index contributed by atoms with van der Waals surface area (Å²) in [4.78, 5) is 22.5. The van der Waals surface area contributed by atoms with E-state index in [-0.39, 0.29) is 5.91 Å². The van der Waals surface area contributed by atoms with Crippen LogP contribution in [0.2, 0.25) is 0 Å². The van der Waals surface area contributed by atoms with Gasteiger partial charge in [-0.3, -0.25) is 4.79 Å². The van der Waals surface area contributed by atoms with Crippen molar-refractivity contribution < 1.29 is 4.79 Å². The van der Waals surface area contributed by atoms with Gasteiger partial charge in [0.15, 0.2) is 0 Å². The van der Waals surface area contributed by atoms with Gasteiger partial charge in [-0.25, -0.2) is 4.98 Å². The number of rotatable bonds is 3. The fourth-order valence-electron chi connectivity index (χ4n) is 3.66. The number of anilines is 2. The molecule has 0 fully saturated rings. The quantitative estimate of drug-likeness (QED) is 0.752. The fourth-order valence-corrected chi connectivity index (χ4v) is 3.66. The highest BCUT2D eigenvalue weighted by Crippen LogP contribution is 2.32. The van der Waals surface area contributed by atoms with Crippen LogP contribution in [-0.4, -0.2) is 30.0 Å². The summed E-state index contributed by atoms with van der Waals surface area (Å²) in [7, 11) is 3.88. The molecule has 0 spiro atoms. The number of hydrogen-bond acceptors (Lipinski definition) is 3. The van der Waals surface area contributed by atoms with Crippen LogP contribution in [-0.2, 0) is 12.8 Å². The van der Waals surface area contributed by atoms with Crippen molar-refractivity contribution in [3.05, 3.63) is 53.3 Å². The van der Waals surface area contributed by atoms with E-state index in [1.807, 2.05) is 49.3 Å². The van der Waals surface area contributed by atoms with Crippen LogP contribution < -0.4 is 10.2 Å². The Hall–Kier alpha value is -2.82. The summed E-state index contributed by atoms with van der Waals surface area (Å²) in [6.07, 6.45) is 5.08. The van der Waals surface area contributed by atoms with E-state index in [1.165, 1.54) is 23.1 Å². The Kier molecular flexibility index (Phi) is 4.15. The summed E-state index contributed by atoms with van der Waals surface area (Å²) >= 11 is 0. The van der Waals surface area contributed by atoms with E-state index < -0.39 is 0 Å². The average molecular weight is 348 g/mol. The van der Waals surface area contributed by atoms with Gasteiger partial charge in [0.1, 0.15) is 5.82 Å². The van der Waals surface area contributed by atoms with Crippen LogP contribution in [0.4, 0.5) is 11.5 Å². The molecule has 0 aliphatic heterocycles. The molecular formula is C21H24N4O. The fraction of sp³-hybridized carbons (Fsp3) is 0.333. The van der Waals surface area contributed by atoms with Gasteiger partial charge in [0, 0.05) is 36.3 Å². The van der Waals surface area contributed by atoms with Crippen LogP contribution in [0.3, 0.4) is 0 Å². The van der Waals surface area contributed by atoms with Gasteiger partial charge in [-0.2, -0.15) is 0 Å². The Morgan fingerprint density at radius 2 is 2.12 bits per heavy atom. The van der Waals surface area contributed by atoms with Crippen LogP contribution in [0.25, 0.3) is 10.9 Å². The molecule has 1 aromatic carbocycles. The first kappa shape index (κ1) is 16.6. The maximum atomic E-state index is 12.7. The number of aryl methyl sites for hydroxylation is 1. The third-order valence-electron chi connectivity index (χ3n) is 5.16. The van der Waals surface area contributed by atoms with Gasteiger partial charge in [-0.1, -0.05) is 6.92 Å². The zero-order valence-corrected chi connectivity index (χ0v) is 15.5. The lowest BCUT2D eigenvalue weighted by molar-refractivity contribution is 0.102. The van der Waals surface area contributed by atoms with Gasteiger partial charge in [-0.15, -0.1) is 0 Å². The predicted octanol–water partition coefficient (Wildman–Crippen LogP) is 4.01. The summed E-state index contributed by atoms with van der Waals surface area (Å²) < 4.78 is 0. The molecule has 2 aromatic heterocycles. The molecule has 0 radical (unpaired) electrons. The molecule has 2 N–H and O–H groups in total. The summed E-state index contributed by atoms with van der Waals surface area (Å²) in [5.41, 5.74) is 5.21. The van der Waals surface area contributed by atoms with Crippen LogP contribution in [0, 0.1) is 5.92 Å².